The summed E-state index contributed by atoms with van der Waals surface area (Å²) >= 11 is 0. The van der Waals surface area contributed by atoms with Gasteiger partial charge in [-0.05, 0) is 50.2 Å². The molecule has 2 aromatic rings. The predicted molar refractivity (Wildman–Crippen MR) is 112 cm³/mol. The van der Waals surface area contributed by atoms with Crippen LogP contribution in [0.3, 0.4) is 0 Å². The van der Waals surface area contributed by atoms with E-state index in [0.717, 1.165) is 50.8 Å². The maximum Gasteiger partial charge on any atom is 0.241 e. The number of benzene rings is 1. The monoisotopic (exact) mass is 367 g/mol. The zero-order chi connectivity index (χ0) is 19.1. The Morgan fingerprint density at radius 3 is 2.33 bits per heavy atom. The van der Waals surface area contributed by atoms with Crippen LogP contribution in [-0.4, -0.2) is 61.6 Å². The van der Waals surface area contributed by atoms with E-state index in [0.29, 0.717) is 6.54 Å². The van der Waals surface area contributed by atoms with Crippen molar-refractivity contribution in [1.29, 1.82) is 0 Å². The third-order valence-corrected chi connectivity index (χ3v) is 5.05. The van der Waals surface area contributed by atoms with Gasteiger partial charge in [0.1, 0.15) is 5.82 Å². The molecule has 1 saturated heterocycles. The van der Waals surface area contributed by atoms with E-state index in [4.69, 9.17) is 0 Å². The molecule has 27 heavy (non-hydrogen) atoms. The molecule has 3 rings (SSSR count). The Kier molecular flexibility index (Phi) is 6.52. The summed E-state index contributed by atoms with van der Waals surface area (Å²) < 4.78 is 0. The molecule has 2 heterocycles. The van der Waals surface area contributed by atoms with Crippen LogP contribution in [0.4, 0.5) is 17.2 Å². The van der Waals surface area contributed by atoms with Crippen molar-refractivity contribution in [2.45, 2.75) is 13.8 Å². The van der Waals surface area contributed by atoms with Crippen LogP contribution in [0.5, 0.6) is 0 Å². The average Bonchev–Trinajstić information content (AvgIpc) is 2.74. The summed E-state index contributed by atoms with van der Waals surface area (Å²) in [6, 6.07) is 14.2. The number of hydrogen-bond acceptors (Lipinski definition) is 5. The van der Waals surface area contributed by atoms with Crippen molar-refractivity contribution in [3.8, 4) is 0 Å². The Hall–Kier alpha value is -2.76. The van der Waals surface area contributed by atoms with Gasteiger partial charge in [-0.15, -0.1) is 0 Å². The fourth-order valence-corrected chi connectivity index (χ4v) is 3.39. The standard InChI is InChI=1S/C21H29N5O/c1-3-24(4-2)19-10-8-18(9-11-19)23-17-21(27)26-15-13-25(14-16-26)20-7-5-6-12-22-20/h5-12,23H,3-4,13-17H2,1-2H3. The third-order valence-electron chi connectivity index (χ3n) is 5.05. The Morgan fingerprint density at radius 1 is 1.04 bits per heavy atom. The van der Waals surface area contributed by atoms with E-state index >= 15 is 0 Å². The van der Waals surface area contributed by atoms with Crippen LogP contribution >= 0.6 is 0 Å². The summed E-state index contributed by atoms with van der Waals surface area (Å²) in [4.78, 5) is 23.3. The highest BCUT2D eigenvalue weighted by atomic mass is 16.2. The molecule has 0 unspecified atom stereocenters. The quantitative estimate of drug-likeness (QED) is 0.815. The third kappa shape index (κ3) is 4.90. The first kappa shape index (κ1) is 19.0. The topological polar surface area (TPSA) is 51.7 Å². The van der Waals surface area contributed by atoms with Gasteiger partial charge in [0.15, 0.2) is 0 Å². The highest BCUT2D eigenvalue weighted by molar-refractivity contribution is 5.81. The summed E-state index contributed by atoms with van der Waals surface area (Å²) in [5.41, 5.74) is 2.19. The average molecular weight is 367 g/mol. The van der Waals surface area contributed by atoms with E-state index in [1.807, 2.05) is 41.4 Å². The van der Waals surface area contributed by atoms with Crippen LogP contribution in [0, 0.1) is 0 Å². The molecule has 1 amide bonds. The molecule has 0 radical (unpaired) electrons. The lowest BCUT2D eigenvalue weighted by atomic mass is 10.2. The molecular formula is C21H29N5O. The Balaban J connectivity index is 1.46. The van der Waals surface area contributed by atoms with Gasteiger partial charge >= 0.3 is 0 Å². The molecule has 0 atom stereocenters. The smallest absolute Gasteiger partial charge is 0.241 e. The number of aromatic nitrogens is 1. The molecule has 0 spiro atoms. The van der Waals surface area contributed by atoms with E-state index in [1.165, 1.54) is 5.69 Å². The van der Waals surface area contributed by atoms with Crippen LogP contribution in [0.2, 0.25) is 0 Å². The van der Waals surface area contributed by atoms with Gasteiger partial charge in [-0.2, -0.15) is 0 Å². The number of piperazine rings is 1. The summed E-state index contributed by atoms with van der Waals surface area (Å²) in [7, 11) is 0. The normalized spacial score (nSPS) is 14.1. The van der Waals surface area contributed by atoms with Gasteiger partial charge in [0.2, 0.25) is 5.91 Å². The molecule has 1 aromatic carbocycles. The fraction of sp³-hybridized carbons (Fsp3) is 0.429. The second-order valence-electron chi connectivity index (χ2n) is 6.63. The number of nitrogens with zero attached hydrogens (tertiary/aromatic N) is 4. The zero-order valence-electron chi connectivity index (χ0n) is 16.3. The minimum atomic E-state index is 0.142. The molecule has 6 heteroatoms. The molecule has 0 saturated carbocycles. The van der Waals surface area contributed by atoms with Gasteiger partial charge in [-0.3, -0.25) is 4.79 Å². The van der Waals surface area contributed by atoms with Crippen LogP contribution in [0.25, 0.3) is 0 Å². The molecule has 6 nitrogen and oxygen atoms in total. The number of hydrogen-bond donors (Lipinski definition) is 1. The van der Waals surface area contributed by atoms with Crippen LogP contribution in [0.15, 0.2) is 48.7 Å². The van der Waals surface area contributed by atoms with Gasteiger partial charge in [-0.25, -0.2) is 4.98 Å². The number of anilines is 3. The number of carbonyl (C=O) groups excluding carboxylic acids is 1. The Morgan fingerprint density at radius 2 is 1.74 bits per heavy atom. The SMILES string of the molecule is CCN(CC)c1ccc(NCC(=O)N2CCN(c3ccccn3)CC2)cc1. The Bertz CT molecular complexity index is 707. The second kappa shape index (κ2) is 9.26. The lowest BCUT2D eigenvalue weighted by molar-refractivity contribution is -0.129. The summed E-state index contributed by atoms with van der Waals surface area (Å²) in [5.74, 6) is 1.12. The molecule has 1 aliphatic heterocycles. The van der Waals surface area contributed by atoms with Gasteiger partial charge < -0.3 is 20.0 Å². The number of nitrogens with one attached hydrogen (secondary N) is 1. The van der Waals surface area contributed by atoms with E-state index in [2.05, 4.69) is 46.1 Å². The van der Waals surface area contributed by atoms with Gasteiger partial charge in [-0.1, -0.05) is 6.07 Å². The minimum Gasteiger partial charge on any atom is -0.376 e. The summed E-state index contributed by atoms with van der Waals surface area (Å²) in [5, 5.41) is 3.25. The number of rotatable bonds is 7. The van der Waals surface area contributed by atoms with Crippen molar-refractivity contribution in [2.75, 3.05) is 60.9 Å². The van der Waals surface area contributed by atoms with Crippen LogP contribution in [0.1, 0.15) is 13.8 Å². The molecule has 0 aliphatic carbocycles. The van der Waals surface area contributed by atoms with Crippen LogP contribution in [-0.2, 0) is 4.79 Å². The summed E-state index contributed by atoms with van der Waals surface area (Å²) in [6.45, 7) is 9.73. The van der Waals surface area contributed by atoms with Gasteiger partial charge in [0, 0.05) is 56.8 Å². The molecule has 1 fully saturated rings. The van der Waals surface area contributed by atoms with Gasteiger partial charge in [0.05, 0.1) is 6.54 Å². The molecule has 1 N–H and O–H groups in total. The van der Waals surface area contributed by atoms with Crippen molar-refractivity contribution in [3.05, 3.63) is 48.7 Å². The molecule has 144 valence electrons. The highest BCUT2D eigenvalue weighted by Gasteiger charge is 2.21. The highest BCUT2D eigenvalue weighted by Crippen LogP contribution is 2.18. The summed E-state index contributed by atoms with van der Waals surface area (Å²) in [6.07, 6.45) is 1.81. The first-order valence-corrected chi connectivity index (χ1v) is 9.74. The second-order valence-corrected chi connectivity index (χ2v) is 6.63. The number of amides is 1. The van der Waals surface area contributed by atoms with Crippen molar-refractivity contribution in [3.63, 3.8) is 0 Å². The fourth-order valence-electron chi connectivity index (χ4n) is 3.39. The lowest BCUT2D eigenvalue weighted by Crippen LogP contribution is -2.50. The largest absolute Gasteiger partial charge is 0.376 e. The van der Waals surface area contributed by atoms with E-state index < -0.39 is 0 Å². The van der Waals surface area contributed by atoms with Crippen molar-refractivity contribution in [2.24, 2.45) is 0 Å². The first-order valence-electron chi connectivity index (χ1n) is 9.74. The van der Waals surface area contributed by atoms with Crippen molar-refractivity contribution in [1.82, 2.24) is 9.88 Å². The van der Waals surface area contributed by atoms with Crippen LogP contribution < -0.4 is 15.1 Å². The maximum absolute atomic E-state index is 12.5. The predicted octanol–water partition coefficient (Wildman–Crippen LogP) is 2.69. The Labute approximate surface area is 161 Å². The molecule has 1 aliphatic rings. The molecule has 0 bridgehead atoms. The number of pyridine rings is 1. The van der Waals surface area contributed by atoms with Crippen molar-refractivity contribution >= 4 is 23.1 Å². The minimum absolute atomic E-state index is 0.142. The van der Waals surface area contributed by atoms with Crippen molar-refractivity contribution < 1.29 is 4.79 Å². The van der Waals surface area contributed by atoms with E-state index in [9.17, 15) is 4.79 Å². The maximum atomic E-state index is 12.5. The lowest BCUT2D eigenvalue weighted by Gasteiger charge is -2.35. The number of carbonyl (C=O) groups is 1. The molecule has 1 aromatic heterocycles. The zero-order valence-corrected chi connectivity index (χ0v) is 16.3. The van der Waals surface area contributed by atoms with Gasteiger partial charge in [0.25, 0.3) is 0 Å². The van der Waals surface area contributed by atoms with E-state index in [-0.39, 0.29) is 5.91 Å². The molecular weight excluding hydrogens is 338 g/mol. The first-order chi connectivity index (χ1) is 13.2. The van der Waals surface area contributed by atoms with E-state index in [1.54, 1.807) is 0 Å².